The maximum absolute atomic E-state index is 12.1. The highest BCUT2D eigenvalue weighted by Crippen LogP contribution is 2.14. The van der Waals surface area contributed by atoms with Gasteiger partial charge in [0.1, 0.15) is 0 Å². The highest BCUT2D eigenvalue weighted by molar-refractivity contribution is 9.10. The molecule has 1 aliphatic heterocycles. The van der Waals surface area contributed by atoms with Crippen molar-refractivity contribution in [3.63, 3.8) is 0 Å². The van der Waals surface area contributed by atoms with E-state index in [1.165, 1.54) is 0 Å². The lowest BCUT2D eigenvalue weighted by molar-refractivity contribution is -0.159. The Morgan fingerprint density at radius 3 is 2.95 bits per heavy atom. The SMILES string of the molecule is O=C(O)[C@H]1CN(C(=O)Cc2cccc(Br)c2)CCO1. The zero-order valence-corrected chi connectivity index (χ0v) is 11.8. The van der Waals surface area contributed by atoms with Crippen molar-refractivity contribution in [2.75, 3.05) is 19.7 Å². The number of carbonyl (C=O) groups excluding carboxylic acids is 1. The average molecular weight is 328 g/mol. The van der Waals surface area contributed by atoms with Gasteiger partial charge in [-0.3, -0.25) is 4.79 Å². The predicted molar refractivity (Wildman–Crippen MR) is 71.8 cm³/mol. The number of carboxylic acids is 1. The summed E-state index contributed by atoms with van der Waals surface area (Å²) < 4.78 is 6.01. The number of carboxylic acid groups (broad SMARTS) is 1. The van der Waals surface area contributed by atoms with Crippen LogP contribution in [0, 0.1) is 0 Å². The highest BCUT2D eigenvalue weighted by Gasteiger charge is 2.28. The van der Waals surface area contributed by atoms with E-state index < -0.39 is 12.1 Å². The number of aliphatic carboxylic acids is 1. The molecule has 1 aromatic rings. The smallest absolute Gasteiger partial charge is 0.334 e. The summed E-state index contributed by atoms with van der Waals surface area (Å²) in [6.45, 7) is 0.819. The third kappa shape index (κ3) is 3.78. The lowest BCUT2D eigenvalue weighted by Crippen LogP contribution is -2.49. The first-order valence-electron chi connectivity index (χ1n) is 5.93. The second-order valence-electron chi connectivity index (χ2n) is 4.34. The number of halogens is 1. The topological polar surface area (TPSA) is 66.8 Å². The minimum atomic E-state index is -1.03. The molecule has 0 spiro atoms. The first-order chi connectivity index (χ1) is 9.06. The minimum absolute atomic E-state index is 0.0762. The van der Waals surface area contributed by atoms with Crippen LogP contribution < -0.4 is 0 Å². The standard InChI is InChI=1S/C13H14BrNO4/c14-10-3-1-2-9(6-10)7-12(16)15-4-5-19-11(8-15)13(17)18/h1-3,6,11H,4-5,7-8H2,(H,17,18)/t11-/m1/s1. The second kappa shape index (κ2) is 6.16. The Labute approximate surface area is 119 Å². The third-order valence-electron chi connectivity index (χ3n) is 2.94. The fourth-order valence-corrected chi connectivity index (χ4v) is 2.41. The van der Waals surface area contributed by atoms with Gasteiger partial charge in [0.2, 0.25) is 5.91 Å². The molecular weight excluding hydrogens is 314 g/mol. The predicted octanol–water partition coefficient (Wildman–Crippen LogP) is 1.30. The van der Waals surface area contributed by atoms with E-state index in [1.54, 1.807) is 4.90 Å². The van der Waals surface area contributed by atoms with Crippen molar-refractivity contribution in [2.45, 2.75) is 12.5 Å². The fraction of sp³-hybridized carbons (Fsp3) is 0.385. The normalized spacial score (nSPS) is 19.2. The van der Waals surface area contributed by atoms with Gasteiger partial charge >= 0.3 is 5.97 Å². The molecule has 6 heteroatoms. The van der Waals surface area contributed by atoms with Gasteiger partial charge in [-0.05, 0) is 17.7 Å². The molecule has 1 aliphatic rings. The molecule has 1 aromatic carbocycles. The Hall–Kier alpha value is -1.40. The Morgan fingerprint density at radius 2 is 2.26 bits per heavy atom. The molecule has 1 heterocycles. The van der Waals surface area contributed by atoms with Gasteiger partial charge in [0.05, 0.1) is 19.6 Å². The van der Waals surface area contributed by atoms with Gasteiger partial charge in [0, 0.05) is 11.0 Å². The number of rotatable bonds is 3. The molecule has 1 N–H and O–H groups in total. The van der Waals surface area contributed by atoms with Gasteiger partial charge in [0.25, 0.3) is 0 Å². The van der Waals surface area contributed by atoms with Gasteiger partial charge in [-0.25, -0.2) is 4.79 Å². The Morgan fingerprint density at radius 1 is 1.47 bits per heavy atom. The summed E-state index contributed by atoms with van der Waals surface area (Å²) >= 11 is 3.35. The van der Waals surface area contributed by atoms with E-state index in [-0.39, 0.29) is 25.5 Å². The van der Waals surface area contributed by atoms with Crippen molar-refractivity contribution < 1.29 is 19.4 Å². The largest absolute Gasteiger partial charge is 0.479 e. The van der Waals surface area contributed by atoms with Gasteiger partial charge in [-0.2, -0.15) is 0 Å². The van der Waals surface area contributed by atoms with E-state index >= 15 is 0 Å². The summed E-state index contributed by atoms with van der Waals surface area (Å²) in [5.74, 6) is -1.10. The van der Waals surface area contributed by atoms with Gasteiger partial charge in [0.15, 0.2) is 6.10 Å². The maximum Gasteiger partial charge on any atom is 0.334 e. The maximum atomic E-state index is 12.1. The van der Waals surface area contributed by atoms with E-state index in [0.29, 0.717) is 6.54 Å². The number of hydrogen-bond donors (Lipinski definition) is 1. The summed E-state index contributed by atoms with van der Waals surface area (Å²) in [5, 5.41) is 8.89. The quantitative estimate of drug-likeness (QED) is 0.908. The van der Waals surface area contributed by atoms with E-state index in [1.807, 2.05) is 24.3 Å². The Kier molecular flexibility index (Phi) is 4.55. The summed E-state index contributed by atoms with van der Waals surface area (Å²) in [4.78, 5) is 24.5. The van der Waals surface area contributed by atoms with Gasteiger partial charge in [-0.15, -0.1) is 0 Å². The second-order valence-corrected chi connectivity index (χ2v) is 5.26. The molecule has 0 aliphatic carbocycles. The van der Waals surface area contributed by atoms with E-state index in [0.717, 1.165) is 10.0 Å². The van der Waals surface area contributed by atoms with Crippen LogP contribution in [0.4, 0.5) is 0 Å². The first kappa shape index (κ1) is 14.0. The van der Waals surface area contributed by atoms with Gasteiger partial charge < -0.3 is 14.7 Å². The van der Waals surface area contributed by atoms with Gasteiger partial charge in [-0.1, -0.05) is 28.1 Å². The number of ether oxygens (including phenoxy) is 1. The molecule has 0 aromatic heterocycles. The molecular formula is C13H14BrNO4. The molecule has 1 saturated heterocycles. The van der Waals surface area contributed by atoms with E-state index in [2.05, 4.69) is 15.9 Å². The molecule has 2 rings (SSSR count). The molecule has 1 atom stereocenters. The van der Waals surface area contributed by atoms with Crippen LogP contribution in [0.3, 0.4) is 0 Å². The third-order valence-corrected chi connectivity index (χ3v) is 3.43. The van der Waals surface area contributed by atoms with Crippen LogP contribution in [0.1, 0.15) is 5.56 Å². The molecule has 0 saturated carbocycles. The van der Waals surface area contributed by atoms with Crippen LogP contribution in [-0.2, 0) is 20.7 Å². The fourth-order valence-electron chi connectivity index (χ4n) is 1.96. The number of nitrogens with zero attached hydrogens (tertiary/aromatic N) is 1. The molecule has 19 heavy (non-hydrogen) atoms. The lowest BCUT2D eigenvalue weighted by Gasteiger charge is -2.31. The minimum Gasteiger partial charge on any atom is -0.479 e. The molecule has 0 unspecified atom stereocenters. The van der Waals surface area contributed by atoms with E-state index in [9.17, 15) is 9.59 Å². The summed E-state index contributed by atoms with van der Waals surface area (Å²) in [6, 6.07) is 7.51. The van der Waals surface area contributed by atoms with Crippen LogP contribution in [0.2, 0.25) is 0 Å². The van der Waals surface area contributed by atoms with Crippen molar-refractivity contribution in [2.24, 2.45) is 0 Å². The molecule has 5 nitrogen and oxygen atoms in total. The number of amides is 1. The van der Waals surface area contributed by atoms with Crippen molar-refractivity contribution in [1.82, 2.24) is 4.90 Å². The highest BCUT2D eigenvalue weighted by atomic mass is 79.9. The Bertz CT molecular complexity index is 491. The first-order valence-corrected chi connectivity index (χ1v) is 6.72. The summed E-state index contributed by atoms with van der Waals surface area (Å²) in [7, 11) is 0. The molecule has 1 fully saturated rings. The zero-order valence-electron chi connectivity index (χ0n) is 10.2. The number of carbonyl (C=O) groups is 2. The summed E-state index contributed by atoms with van der Waals surface area (Å²) in [5.41, 5.74) is 0.901. The monoisotopic (exact) mass is 327 g/mol. The molecule has 1 amide bonds. The molecule has 102 valence electrons. The van der Waals surface area contributed by atoms with Crippen LogP contribution >= 0.6 is 15.9 Å². The van der Waals surface area contributed by atoms with Crippen molar-refractivity contribution >= 4 is 27.8 Å². The average Bonchev–Trinajstić information content (AvgIpc) is 2.39. The van der Waals surface area contributed by atoms with E-state index in [4.69, 9.17) is 9.84 Å². The van der Waals surface area contributed by atoms with Crippen LogP contribution in [0.25, 0.3) is 0 Å². The van der Waals surface area contributed by atoms with Crippen LogP contribution in [0.15, 0.2) is 28.7 Å². The lowest BCUT2D eigenvalue weighted by atomic mass is 10.1. The number of morpholine rings is 1. The number of hydrogen-bond acceptors (Lipinski definition) is 3. The molecule has 0 bridgehead atoms. The van der Waals surface area contributed by atoms with Crippen molar-refractivity contribution in [1.29, 1.82) is 0 Å². The Balaban J connectivity index is 1.98. The number of benzene rings is 1. The molecule has 0 radical (unpaired) electrons. The van der Waals surface area contributed by atoms with Crippen LogP contribution in [0.5, 0.6) is 0 Å². The van der Waals surface area contributed by atoms with Crippen molar-refractivity contribution in [3.05, 3.63) is 34.3 Å². The zero-order chi connectivity index (χ0) is 13.8. The van der Waals surface area contributed by atoms with Crippen molar-refractivity contribution in [3.8, 4) is 0 Å². The van der Waals surface area contributed by atoms with Crippen LogP contribution in [-0.4, -0.2) is 47.7 Å². The summed E-state index contributed by atoms with van der Waals surface area (Å²) in [6.07, 6.45) is -0.647.